The molecule has 0 N–H and O–H groups in total. The van der Waals surface area contributed by atoms with Crippen molar-refractivity contribution < 1.29 is 14.5 Å². The summed E-state index contributed by atoms with van der Waals surface area (Å²) in [7, 11) is 0. The second kappa shape index (κ2) is 6.01. The van der Waals surface area contributed by atoms with Gasteiger partial charge in [0, 0.05) is 19.2 Å². The zero-order valence-electron chi connectivity index (χ0n) is 10.7. The monoisotopic (exact) mass is 284 g/mol. The Morgan fingerprint density at radius 3 is 2.84 bits per heavy atom. The largest absolute Gasteiger partial charge is 0.466 e. The van der Waals surface area contributed by atoms with Gasteiger partial charge in [-0.3, -0.25) is 14.9 Å². The minimum absolute atomic E-state index is 0.0739. The number of piperidine rings is 1. The molecule has 0 unspecified atom stereocenters. The molecule has 6 nitrogen and oxygen atoms in total. The fourth-order valence-electron chi connectivity index (χ4n) is 2.25. The molecular weight excluding hydrogens is 268 g/mol. The van der Waals surface area contributed by atoms with E-state index in [1.54, 1.807) is 12.3 Å². The van der Waals surface area contributed by atoms with Gasteiger partial charge in [0.1, 0.15) is 0 Å². The molecule has 19 heavy (non-hydrogen) atoms. The number of esters is 1. The van der Waals surface area contributed by atoms with Gasteiger partial charge in [-0.2, -0.15) is 0 Å². The van der Waals surface area contributed by atoms with Gasteiger partial charge in [-0.25, -0.2) is 0 Å². The molecule has 0 aromatic carbocycles. The summed E-state index contributed by atoms with van der Waals surface area (Å²) in [6, 6.07) is 1.53. The van der Waals surface area contributed by atoms with Gasteiger partial charge in [-0.1, -0.05) is 0 Å². The first-order chi connectivity index (χ1) is 9.13. The van der Waals surface area contributed by atoms with E-state index in [-0.39, 0.29) is 22.5 Å². The van der Waals surface area contributed by atoms with Crippen LogP contribution in [0.25, 0.3) is 0 Å². The molecule has 0 radical (unpaired) electrons. The molecule has 1 aromatic rings. The van der Waals surface area contributed by atoms with Crippen LogP contribution < -0.4 is 4.90 Å². The van der Waals surface area contributed by atoms with Crippen LogP contribution in [0.2, 0.25) is 0 Å². The van der Waals surface area contributed by atoms with Gasteiger partial charge in [-0.05, 0) is 25.1 Å². The van der Waals surface area contributed by atoms with E-state index in [0.29, 0.717) is 37.5 Å². The molecule has 1 aromatic heterocycles. The molecule has 0 atom stereocenters. The Balaban J connectivity index is 1.98. The number of carbonyl (C=O) groups is 1. The van der Waals surface area contributed by atoms with Crippen LogP contribution in [0.3, 0.4) is 0 Å². The van der Waals surface area contributed by atoms with Crippen LogP contribution >= 0.6 is 11.3 Å². The van der Waals surface area contributed by atoms with E-state index >= 15 is 0 Å². The third-order valence-electron chi connectivity index (χ3n) is 3.22. The van der Waals surface area contributed by atoms with Crippen molar-refractivity contribution in [1.82, 2.24) is 0 Å². The average Bonchev–Trinajstić information content (AvgIpc) is 2.88. The van der Waals surface area contributed by atoms with Gasteiger partial charge in [0.15, 0.2) is 5.00 Å². The normalized spacial score (nSPS) is 16.4. The van der Waals surface area contributed by atoms with Gasteiger partial charge in [-0.15, -0.1) is 11.3 Å². The Bertz CT molecular complexity index is 466. The van der Waals surface area contributed by atoms with E-state index in [0.717, 1.165) is 0 Å². The number of nitro groups is 1. The lowest BCUT2D eigenvalue weighted by molar-refractivity contribution is -0.383. The molecule has 0 bridgehead atoms. The highest BCUT2D eigenvalue weighted by atomic mass is 32.1. The highest BCUT2D eigenvalue weighted by Crippen LogP contribution is 2.36. The second-order valence-electron chi connectivity index (χ2n) is 4.38. The zero-order chi connectivity index (χ0) is 13.8. The van der Waals surface area contributed by atoms with Crippen LogP contribution in [-0.4, -0.2) is 30.6 Å². The maximum Gasteiger partial charge on any atom is 0.309 e. The van der Waals surface area contributed by atoms with Crippen molar-refractivity contribution >= 4 is 28.0 Å². The van der Waals surface area contributed by atoms with Crippen molar-refractivity contribution in [3.05, 3.63) is 21.6 Å². The molecule has 1 aliphatic rings. The van der Waals surface area contributed by atoms with E-state index in [1.807, 2.05) is 4.90 Å². The predicted molar refractivity (Wildman–Crippen MR) is 72.5 cm³/mol. The van der Waals surface area contributed by atoms with Crippen LogP contribution in [0.5, 0.6) is 0 Å². The predicted octanol–water partition coefficient (Wildman–Crippen LogP) is 2.44. The van der Waals surface area contributed by atoms with Crippen LogP contribution in [0, 0.1) is 16.0 Å². The lowest BCUT2D eigenvalue weighted by Crippen LogP contribution is -2.36. The summed E-state index contributed by atoms with van der Waals surface area (Å²) in [5.41, 5.74) is 0.152. The van der Waals surface area contributed by atoms with Gasteiger partial charge in [0.25, 0.3) is 0 Å². The minimum Gasteiger partial charge on any atom is -0.466 e. The summed E-state index contributed by atoms with van der Waals surface area (Å²) < 4.78 is 5.01. The smallest absolute Gasteiger partial charge is 0.309 e. The molecule has 1 saturated heterocycles. The van der Waals surface area contributed by atoms with Crippen molar-refractivity contribution in [2.24, 2.45) is 5.92 Å². The number of hydrogen-bond donors (Lipinski definition) is 0. The van der Waals surface area contributed by atoms with Crippen molar-refractivity contribution in [3.63, 3.8) is 0 Å². The van der Waals surface area contributed by atoms with Crippen LogP contribution in [0.15, 0.2) is 11.4 Å². The van der Waals surface area contributed by atoms with Crippen molar-refractivity contribution in [2.45, 2.75) is 19.8 Å². The van der Waals surface area contributed by atoms with Gasteiger partial charge in [0.05, 0.1) is 17.4 Å². The Labute approximate surface area is 115 Å². The first-order valence-corrected chi connectivity index (χ1v) is 7.15. The molecule has 0 aliphatic carbocycles. The quantitative estimate of drug-likeness (QED) is 0.482. The molecule has 0 amide bonds. The highest BCUT2D eigenvalue weighted by Gasteiger charge is 2.29. The Hall–Kier alpha value is -1.63. The van der Waals surface area contributed by atoms with Gasteiger partial charge >= 0.3 is 11.7 Å². The van der Waals surface area contributed by atoms with Crippen LogP contribution in [0.1, 0.15) is 19.8 Å². The van der Waals surface area contributed by atoms with Crippen molar-refractivity contribution in [2.75, 3.05) is 24.6 Å². The Morgan fingerprint density at radius 1 is 1.58 bits per heavy atom. The molecular formula is C12H16N2O4S. The van der Waals surface area contributed by atoms with Crippen LogP contribution in [-0.2, 0) is 9.53 Å². The van der Waals surface area contributed by atoms with Crippen LogP contribution in [0.4, 0.5) is 10.7 Å². The lowest BCUT2D eigenvalue weighted by Gasteiger charge is -2.30. The minimum atomic E-state index is -0.358. The molecule has 7 heteroatoms. The first-order valence-electron chi connectivity index (χ1n) is 6.27. The Morgan fingerprint density at radius 2 is 2.26 bits per heavy atom. The number of carbonyl (C=O) groups excluding carboxylic acids is 1. The summed E-state index contributed by atoms with van der Waals surface area (Å²) >= 11 is 1.37. The van der Waals surface area contributed by atoms with E-state index in [4.69, 9.17) is 4.74 Å². The van der Waals surface area contributed by atoms with Crippen molar-refractivity contribution in [3.8, 4) is 0 Å². The number of hydrogen-bond acceptors (Lipinski definition) is 6. The Kier molecular flexibility index (Phi) is 4.36. The van der Waals surface area contributed by atoms with E-state index in [1.165, 1.54) is 17.4 Å². The fourth-order valence-corrected chi connectivity index (χ4v) is 3.17. The van der Waals surface area contributed by atoms with E-state index in [2.05, 4.69) is 0 Å². The fraction of sp³-hybridized carbons (Fsp3) is 0.583. The second-order valence-corrected chi connectivity index (χ2v) is 5.28. The third kappa shape index (κ3) is 3.04. The zero-order valence-corrected chi connectivity index (χ0v) is 11.5. The molecule has 0 spiro atoms. The molecule has 2 rings (SSSR count). The first kappa shape index (κ1) is 13.8. The summed E-state index contributed by atoms with van der Waals surface area (Å²) in [5, 5.41) is 13.3. The molecule has 0 saturated carbocycles. The standard InChI is InChI=1S/C12H16N2O4S/c1-2-18-12(15)9-3-6-13(7-4-9)11-10(14(16)17)5-8-19-11/h5,8-9H,2-4,6-7H2,1H3. The van der Waals surface area contributed by atoms with Gasteiger partial charge in [0.2, 0.25) is 0 Å². The highest BCUT2D eigenvalue weighted by molar-refractivity contribution is 7.14. The summed E-state index contributed by atoms with van der Waals surface area (Å²) in [5.74, 6) is -0.224. The molecule has 104 valence electrons. The number of thiophene rings is 1. The average molecular weight is 284 g/mol. The number of anilines is 1. The van der Waals surface area contributed by atoms with E-state index in [9.17, 15) is 14.9 Å². The molecule has 1 aliphatic heterocycles. The number of ether oxygens (including phenoxy) is 1. The number of rotatable bonds is 4. The summed E-state index contributed by atoms with van der Waals surface area (Å²) in [6.07, 6.45) is 1.38. The molecule has 2 heterocycles. The molecule has 1 fully saturated rings. The summed E-state index contributed by atoms with van der Waals surface area (Å²) in [4.78, 5) is 24.1. The third-order valence-corrected chi connectivity index (χ3v) is 4.19. The maximum absolute atomic E-state index is 11.6. The summed E-state index contributed by atoms with van der Waals surface area (Å²) in [6.45, 7) is 3.51. The van der Waals surface area contributed by atoms with E-state index < -0.39 is 0 Å². The lowest BCUT2D eigenvalue weighted by atomic mass is 9.97. The van der Waals surface area contributed by atoms with Gasteiger partial charge < -0.3 is 9.64 Å². The maximum atomic E-state index is 11.6. The SMILES string of the molecule is CCOC(=O)C1CCN(c2sccc2[N+](=O)[O-])CC1. The topological polar surface area (TPSA) is 72.7 Å². The number of nitrogens with zero attached hydrogens (tertiary/aromatic N) is 2. The van der Waals surface area contributed by atoms with Crippen molar-refractivity contribution in [1.29, 1.82) is 0 Å².